The van der Waals surface area contributed by atoms with Crippen molar-refractivity contribution in [2.24, 2.45) is 0 Å². The van der Waals surface area contributed by atoms with E-state index in [-0.39, 0.29) is 0 Å². The minimum absolute atomic E-state index is 0.668. The van der Waals surface area contributed by atoms with Gasteiger partial charge < -0.3 is 19.5 Å². The maximum atomic E-state index is 5.58. The summed E-state index contributed by atoms with van der Waals surface area (Å²) >= 11 is 0. The first-order chi connectivity index (χ1) is 8.86. The maximum Gasteiger partial charge on any atom is 0.119 e. The highest BCUT2D eigenvalue weighted by Crippen LogP contribution is 2.16. The molecule has 102 valence electrons. The second-order valence-electron chi connectivity index (χ2n) is 3.82. The molecule has 18 heavy (non-hydrogen) atoms. The van der Waals surface area contributed by atoms with Gasteiger partial charge in [0.05, 0.1) is 7.11 Å². The number of nitrogens with one attached hydrogen (secondary N) is 1. The Labute approximate surface area is 109 Å². The number of rotatable bonds is 10. The van der Waals surface area contributed by atoms with Crippen molar-refractivity contribution in [2.45, 2.75) is 13.3 Å². The third kappa shape index (κ3) is 6.47. The van der Waals surface area contributed by atoms with Crippen molar-refractivity contribution in [2.75, 3.05) is 40.0 Å². The van der Waals surface area contributed by atoms with Crippen LogP contribution in [-0.4, -0.2) is 40.0 Å². The van der Waals surface area contributed by atoms with Crippen molar-refractivity contribution in [1.82, 2.24) is 5.32 Å². The summed E-state index contributed by atoms with van der Waals surface area (Å²) in [6.45, 7) is 6.10. The van der Waals surface area contributed by atoms with Gasteiger partial charge in [-0.15, -0.1) is 0 Å². The molecule has 0 aliphatic heterocycles. The van der Waals surface area contributed by atoms with E-state index in [0.717, 1.165) is 44.2 Å². The zero-order valence-corrected chi connectivity index (χ0v) is 11.3. The Bertz CT molecular complexity index is 300. The summed E-state index contributed by atoms with van der Waals surface area (Å²) in [7, 11) is 1.65. The second-order valence-corrected chi connectivity index (χ2v) is 3.82. The molecule has 4 nitrogen and oxygen atoms in total. The third-order valence-corrected chi connectivity index (χ3v) is 2.45. The van der Waals surface area contributed by atoms with Crippen LogP contribution in [0.3, 0.4) is 0 Å². The standard InChI is InChI=1S/C14H23NO3/c1-3-17-11-4-9-15-10-12-18-14-7-5-13(16-2)6-8-14/h5-8,15H,3-4,9-12H2,1-2H3. The maximum absolute atomic E-state index is 5.58. The first-order valence-corrected chi connectivity index (χ1v) is 6.42. The van der Waals surface area contributed by atoms with E-state index < -0.39 is 0 Å². The van der Waals surface area contributed by atoms with Crippen molar-refractivity contribution < 1.29 is 14.2 Å². The monoisotopic (exact) mass is 253 g/mol. The van der Waals surface area contributed by atoms with E-state index in [2.05, 4.69) is 5.32 Å². The molecule has 1 N–H and O–H groups in total. The summed E-state index contributed by atoms with van der Waals surface area (Å²) in [6.07, 6.45) is 1.04. The molecule has 0 spiro atoms. The topological polar surface area (TPSA) is 39.7 Å². The second kappa shape index (κ2) is 9.74. The van der Waals surface area contributed by atoms with Gasteiger partial charge in [0.2, 0.25) is 0 Å². The molecule has 1 aromatic rings. The van der Waals surface area contributed by atoms with Crippen molar-refractivity contribution in [1.29, 1.82) is 0 Å². The van der Waals surface area contributed by atoms with Gasteiger partial charge in [0, 0.05) is 19.8 Å². The Balaban J connectivity index is 2.00. The molecule has 1 rings (SSSR count). The van der Waals surface area contributed by atoms with E-state index in [9.17, 15) is 0 Å². The highest BCUT2D eigenvalue weighted by atomic mass is 16.5. The molecule has 0 heterocycles. The van der Waals surface area contributed by atoms with Gasteiger partial charge in [0.15, 0.2) is 0 Å². The lowest BCUT2D eigenvalue weighted by Crippen LogP contribution is -2.23. The van der Waals surface area contributed by atoms with Gasteiger partial charge in [-0.1, -0.05) is 0 Å². The predicted molar refractivity (Wildman–Crippen MR) is 72.5 cm³/mol. The zero-order chi connectivity index (χ0) is 13.1. The molecule has 0 bridgehead atoms. The summed E-state index contributed by atoms with van der Waals surface area (Å²) in [5.41, 5.74) is 0. The van der Waals surface area contributed by atoms with Crippen LogP contribution >= 0.6 is 0 Å². The molecule has 0 radical (unpaired) electrons. The Morgan fingerprint density at radius 3 is 2.39 bits per heavy atom. The van der Waals surface area contributed by atoms with Gasteiger partial charge in [0.1, 0.15) is 18.1 Å². The zero-order valence-electron chi connectivity index (χ0n) is 11.3. The van der Waals surface area contributed by atoms with E-state index in [0.29, 0.717) is 6.61 Å². The van der Waals surface area contributed by atoms with E-state index in [4.69, 9.17) is 14.2 Å². The average molecular weight is 253 g/mol. The van der Waals surface area contributed by atoms with Crippen LogP contribution in [0.4, 0.5) is 0 Å². The van der Waals surface area contributed by atoms with Crippen LogP contribution in [-0.2, 0) is 4.74 Å². The lowest BCUT2D eigenvalue weighted by Gasteiger charge is -2.08. The number of benzene rings is 1. The quantitative estimate of drug-likeness (QED) is 0.648. The van der Waals surface area contributed by atoms with Crippen LogP contribution in [0.1, 0.15) is 13.3 Å². The van der Waals surface area contributed by atoms with Gasteiger partial charge in [-0.25, -0.2) is 0 Å². The molecular weight excluding hydrogens is 230 g/mol. The van der Waals surface area contributed by atoms with Gasteiger partial charge >= 0.3 is 0 Å². The summed E-state index contributed by atoms with van der Waals surface area (Å²) in [4.78, 5) is 0. The van der Waals surface area contributed by atoms with Crippen LogP contribution in [0, 0.1) is 0 Å². The molecule has 0 unspecified atom stereocenters. The Hall–Kier alpha value is -1.26. The molecule has 1 aromatic carbocycles. The molecule has 0 aromatic heterocycles. The fourth-order valence-corrected chi connectivity index (χ4v) is 1.48. The van der Waals surface area contributed by atoms with E-state index in [1.54, 1.807) is 7.11 Å². The van der Waals surface area contributed by atoms with Gasteiger partial charge in [-0.3, -0.25) is 0 Å². The van der Waals surface area contributed by atoms with Gasteiger partial charge in [-0.2, -0.15) is 0 Å². The van der Waals surface area contributed by atoms with Gasteiger partial charge in [-0.05, 0) is 44.2 Å². The van der Waals surface area contributed by atoms with E-state index in [1.165, 1.54) is 0 Å². The molecule has 0 saturated carbocycles. The summed E-state index contributed by atoms with van der Waals surface area (Å²) in [5, 5.41) is 3.31. The number of hydrogen-bond donors (Lipinski definition) is 1. The van der Waals surface area contributed by atoms with Crippen LogP contribution in [0.15, 0.2) is 24.3 Å². The first kappa shape index (κ1) is 14.8. The highest BCUT2D eigenvalue weighted by Gasteiger charge is 1.95. The molecule has 0 atom stereocenters. The van der Waals surface area contributed by atoms with Crippen LogP contribution in [0.25, 0.3) is 0 Å². The van der Waals surface area contributed by atoms with Crippen molar-refractivity contribution >= 4 is 0 Å². The third-order valence-electron chi connectivity index (χ3n) is 2.45. The lowest BCUT2D eigenvalue weighted by atomic mass is 10.3. The number of hydrogen-bond acceptors (Lipinski definition) is 4. The van der Waals surface area contributed by atoms with Crippen molar-refractivity contribution in [3.63, 3.8) is 0 Å². The number of methoxy groups -OCH3 is 1. The molecule has 0 saturated heterocycles. The fourth-order valence-electron chi connectivity index (χ4n) is 1.48. The molecule has 4 heteroatoms. The summed E-state index contributed by atoms with van der Waals surface area (Å²) in [6, 6.07) is 7.61. The van der Waals surface area contributed by atoms with Gasteiger partial charge in [0.25, 0.3) is 0 Å². The minimum Gasteiger partial charge on any atom is -0.497 e. The molecule has 0 aliphatic carbocycles. The largest absolute Gasteiger partial charge is 0.497 e. The Kier molecular flexibility index (Phi) is 8.01. The van der Waals surface area contributed by atoms with Crippen LogP contribution in [0.2, 0.25) is 0 Å². The minimum atomic E-state index is 0.668. The fraction of sp³-hybridized carbons (Fsp3) is 0.571. The highest BCUT2D eigenvalue weighted by molar-refractivity contribution is 5.31. The molecule has 0 amide bonds. The lowest BCUT2D eigenvalue weighted by molar-refractivity contribution is 0.144. The number of ether oxygens (including phenoxy) is 3. The predicted octanol–water partition coefficient (Wildman–Crippen LogP) is 2.09. The molecule has 0 aliphatic rings. The van der Waals surface area contributed by atoms with Crippen LogP contribution in [0.5, 0.6) is 11.5 Å². The van der Waals surface area contributed by atoms with E-state index >= 15 is 0 Å². The molecule has 0 fully saturated rings. The SMILES string of the molecule is CCOCCCNCCOc1ccc(OC)cc1. The Morgan fingerprint density at radius 2 is 1.72 bits per heavy atom. The average Bonchev–Trinajstić information content (AvgIpc) is 2.42. The molecular formula is C14H23NO3. The first-order valence-electron chi connectivity index (χ1n) is 6.42. The summed E-state index contributed by atoms with van der Waals surface area (Å²) < 4.78 is 15.9. The smallest absolute Gasteiger partial charge is 0.119 e. The van der Waals surface area contributed by atoms with Crippen molar-refractivity contribution in [3.8, 4) is 11.5 Å². The summed E-state index contributed by atoms with van der Waals surface area (Å²) in [5.74, 6) is 1.71. The van der Waals surface area contributed by atoms with Crippen LogP contribution < -0.4 is 14.8 Å². The van der Waals surface area contributed by atoms with E-state index in [1.807, 2.05) is 31.2 Å². The Morgan fingerprint density at radius 1 is 1.00 bits per heavy atom. The van der Waals surface area contributed by atoms with Crippen molar-refractivity contribution in [3.05, 3.63) is 24.3 Å². The normalized spacial score (nSPS) is 10.3.